The van der Waals surface area contributed by atoms with Crippen LogP contribution in [0.5, 0.6) is 0 Å². The smallest absolute Gasteiger partial charge is 0.329 e. The number of carboxylic acids is 1. The van der Waals surface area contributed by atoms with Crippen LogP contribution in [-0.2, 0) is 4.79 Å². The molecule has 8 heteroatoms. The Balaban J connectivity index is 2.42. The standard InChI is InChI=1S/C16H17Cl2N3O3/c1-9-7-12(14(22)20(4)16(2,3)15(23)24)19-21(9)13-6-5-10(17)8-11(13)18/h5-8H,1-4H3,(H,23,24). The highest BCUT2D eigenvalue weighted by molar-refractivity contribution is 6.35. The first kappa shape index (κ1) is 18.3. The summed E-state index contributed by atoms with van der Waals surface area (Å²) < 4.78 is 1.52. The summed E-state index contributed by atoms with van der Waals surface area (Å²) in [5, 5.41) is 14.4. The number of hydrogen-bond donors (Lipinski definition) is 1. The molecular formula is C16H17Cl2N3O3. The zero-order valence-corrected chi connectivity index (χ0v) is 15.2. The second-order valence-corrected chi connectivity index (χ2v) is 6.75. The monoisotopic (exact) mass is 369 g/mol. The van der Waals surface area contributed by atoms with E-state index in [-0.39, 0.29) is 5.69 Å². The minimum Gasteiger partial charge on any atom is -0.480 e. The highest BCUT2D eigenvalue weighted by Crippen LogP contribution is 2.26. The molecule has 2 rings (SSSR count). The van der Waals surface area contributed by atoms with Gasteiger partial charge in [0.15, 0.2) is 5.69 Å². The Morgan fingerprint density at radius 2 is 1.88 bits per heavy atom. The molecule has 0 aliphatic carbocycles. The molecule has 0 aliphatic heterocycles. The molecule has 0 fully saturated rings. The van der Waals surface area contributed by atoms with Gasteiger partial charge in [0.25, 0.3) is 5.91 Å². The van der Waals surface area contributed by atoms with Gasteiger partial charge < -0.3 is 10.0 Å². The molecule has 1 heterocycles. The Kier molecular flexibility index (Phi) is 4.92. The lowest BCUT2D eigenvalue weighted by Gasteiger charge is -2.30. The average molecular weight is 370 g/mol. The van der Waals surface area contributed by atoms with Gasteiger partial charge in [0.2, 0.25) is 0 Å². The Labute approximate surface area is 149 Å². The van der Waals surface area contributed by atoms with Crippen molar-refractivity contribution in [2.24, 2.45) is 0 Å². The second-order valence-electron chi connectivity index (χ2n) is 5.91. The van der Waals surface area contributed by atoms with Crippen LogP contribution in [0, 0.1) is 6.92 Å². The third-order valence-electron chi connectivity index (χ3n) is 3.91. The number of carbonyl (C=O) groups is 2. The van der Waals surface area contributed by atoms with Crippen molar-refractivity contribution in [1.82, 2.24) is 14.7 Å². The van der Waals surface area contributed by atoms with Crippen LogP contribution in [0.2, 0.25) is 10.0 Å². The Morgan fingerprint density at radius 3 is 2.42 bits per heavy atom. The van der Waals surface area contributed by atoms with Crippen molar-refractivity contribution in [3.8, 4) is 5.69 Å². The van der Waals surface area contributed by atoms with Gasteiger partial charge in [-0.2, -0.15) is 5.10 Å². The van der Waals surface area contributed by atoms with Crippen molar-refractivity contribution < 1.29 is 14.7 Å². The minimum absolute atomic E-state index is 0.135. The van der Waals surface area contributed by atoms with Gasteiger partial charge in [0.1, 0.15) is 5.54 Å². The van der Waals surface area contributed by atoms with Gasteiger partial charge in [-0.1, -0.05) is 23.2 Å². The van der Waals surface area contributed by atoms with Crippen molar-refractivity contribution >= 4 is 35.1 Å². The number of aryl methyl sites for hydroxylation is 1. The number of carboxylic acid groups (broad SMARTS) is 1. The van der Waals surface area contributed by atoms with E-state index >= 15 is 0 Å². The van der Waals surface area contributed by atoms with Crippen molar-refractivity contribution in [3.63, 3.8) is 0 Å². The summed E-state index contributed by atoms with van der Waals surface area (Å²) in [5.41, 5.74) is 0.0457. The third-order valence-corrected chi connectivity index (χ3v) is 4.45. The zero-order valence-electron chi connectivity index (χ0n) is 13.7. The molecule has 24 heavy (non-hydrogen) atoms. The molecular weight excluding hydrogens is 353 g/mol. The summed E-state index contributed by atoms with van der Waals surface area (Å²) >= 11 is 12.1. The van der Waals surface area contributed by atoms with Gasteiger partial charge in [0.05, 0.1) is 10.7 Å². The van der Waals surface area contributed by atoms with Crippen molar-refractivity contribution in [2.45, 2.75) is 26.3 Å². The number of halogens is 2. The number of benzene rings is 1. The van der Waals surface area contributed by atoms with Gasteiger partial charge in [0, 0.05) is 17.8 Å². The van der Waals surface area contributed by atoms with Gasteiger partial charge in [-0.25, -0.2) is 9.48 Å². The second kappa shape index (κ2) is 6.45. The summed E-state index contributed by atoms with van der Waals surface area (Å²) in [4.78, 5) is 25.0. The van der Waals surface area contributed by atoms with Gasteiger partial charge in [-0.05, 0) is 45.0 Å². The molecule has 0 saturated carbocycles. The number of nitrogens with zero attached hydrogens (tertiary/aromatic N) is 3. The number of aliphatic carboxylic acids is 1. The van der Waals surface area contributed by atoms with Crippen LogP contribution in [0.1, 0.15) is 30.0 Å². The molecule has 1 aromatic carbocycles. The van der Waals surface area contributed by atoms with E-state index in [1.54, 1.807) is 31.2 Å². The first-order valence-corrected chi connectivity index (χ1v) is 7.85. The van der Waals surface area contributed by atoms with Crippen LogP contribution in [0.4, 0.5) is 0 Å². The molecule has 6 nitrogen and oxygen atoms in total. The first-order chi connectivity index (χ1) is 11.1. The van der Waals surface area contributed by atoms with Gasteiger partial charge in [-0.15, -0.1) is 0 Å². The molecule has 0 aliphatic rings. The van der Waals surface area contributed by atoms with Crippen LogP contribution in [0.25, 0.3) is 5.69 Å². The maximum atomic E-state index is 12.6. The largest absolute Gasteiger partial charge is 0.480 e. The number of amides is 1. The quantitative estimate of drug-likeness (QED) is 0.895. The summed E-state index contributed by atoms with van der Waals surface area (Å²) in [5.74, 6) is -1.59. The van der Waals surface area contributed by atoms with Crippen LogP contribution in [-0.4, -0.2) is 44.3 Å². The Hall–Kier alpha value is -2.05. The Bertz CT molecular complexity index is 815. The minimum atomic E-state index is -1.35. The van der Waals surface area contributed by atoms with E-state index < -0.39 is 17.4 Å². The van der Waals surface area contributed by atoms with E-state index in [0.717, 1.165) is 4.90 Å². The lowest BCUT2D eigenvalue weighted by molar-refractivity contribution is -0.147. The Morgan fingerprint density at radius 1 is 1.25 bits per heavy atom. The summed E-state index contributed by atoms with van der Waals surface area (Å²) in [6.45, 7) is 4.68. The average Bonchev–Trinajstić information content (AvgIpc) is 2.87. The van der Waals surface area contributed by atoms with Crippen molar-refractivity contribution in [1.29, 1.82) is 0 Å². The highest BCUT2D eigenvalue weighted by Gasteiger charge is 2.36. The SMILES string of the molecule is Cc1cc(C(=O)N(C)C(C)(C)C(=O)O)nn1-c1ccc(Cl)cc1Cl. The van der Waals surface area contributed by atoms with Crippen LogP contribution >= 0.6 is 23.2 Å². The maximum absolute atomic E-state index is 12.6. The fourth-order valence-corrected chi connectivity index (χ4v) is 2.53. The molecule has 0 bridgehead atoms. The fourth-order valence-electron chi connectivity index (χ4n) is 2.05. The van der Waals surface area contributed by atoms with E-state index in [4.69, 9.17) is 23.2 Å². The molecule has 0 spiro atoms. The maximum Gasteiger partial charge on any atom is 0.329 e. The van der Waals surface area contributed by atoms with Crippen molar-refractivity contribution in [3.05, 3.63) is 45.7 Å². The van der Waals surface area contributed by atoms with Crippen LogP contribution in [0.15, 0.2) is 24.3 Å². The topological polar surface area (TPSA) is 75.4 Å². The number of carbonyl (C=O) groups excluding carboxylic acids is 1. The molecule has 1 aromatic heterocycles. The summed E-state index contributed by atoms with van der Waals surface area (Å²) in [7, 11) is 1.43. The number of likely N-dealkylation sites (N-methyl/N-ethyl adjacent to an activating group) is 1. The predicted octanol–water partition coefficient (Wildman–Crippen LogP) is 3.42. The predicted molar refractivity (Wildman–Crippen MR) is 92.1 cm³/mol. The van der Waals surface area contributed by atoms with E-state index in [9.17, 15) is 14.7 Å². The van der Waals surface area contributed by atoms with Gasteiger partial charge >= 0.3 is 5.97 Å². The highest BCUT2D eigenvalue weighted by atomic mass is 35.5. The molecule has 0 radical (unpaired) electrons. The molecule has 2 aromatic rings. The molecule has 0 unspecified atom stereocenters. The van der Waals surface area contributed by atoms with Gasteiger partial charge in [-0.3, -0.25) is 4.79 Å². The zero-order chi connectivity index (χ0) is 18.2. The number of aromatic nitrogens is 2. The first-order valence-electron chi connectivity index (χ1n) is 7.09. The van der Waals surface area contributed by atoms with E-state index in [1.807, 2.05) is 0 Å². The molecule has 1 amide bonds. The van der Waals surface area contributed by atoms with E-state index in [2.05, 4.69) is 5.10 Å². The number of rotatable bonds is 4. The molecule has 128 valence electrons. The van der Waals surface area contributed by atoms with E-state index in [1.165, 1.54) is 25.6 Å². The molecule has 0 atom stereocenters. The summed E-state index contributed by atoms with van der Waals surface area (Å²) in [6.07, 6.45) is 0. The lowest BCUT2D eigenvalue weighted by Crippen LogP contribution is -2.50. The van der Waals surface area contributed by atoms with Crippen LogP contribution < -0.4 is 0 Å². The third kappa shape index (κ3) is 3.25. The fraction of sp³-hybridized carbons (Fsp3) is 0.312. The molecule has 0 saturated heterocycles. The number of hydrogen-bond acceptors (Lipinski definition) is 3. The normalized spacial score (nSPS) is 11.4. The van der Waals surface area contributed by atoms with Crippen molar-refractivity contribution in [2.75, 3.05) is 7.05 Å². The molecule has 1 N–H and O–H groups in total. The lowest BCUT2D eigenvalue weighted by atomic mass is 10.0. The van der Waals surface area contributed by atoms with E-state index in [0.29, 0.717) is 21.4 Å². The van der Waals surface area contributed by atoms with Crippen LogP contribution in [0.3, 0.4) is 0 Å². The summed E-state index contributed by atoms with van der Waals surface area (Å²) in [6, 6.07) is 6.54.